The number of nitrogens with one attached hydrogen (secondary N) is 1. The van der Waals surface area contributed by atoms with Gasteiger partial charge in [0.25, 0.3) is 10.1 Å². The van der Waals surface area contributed by atoms with Crippen molar-refractivity contribution in [2.75, 3.05) is 39.5 Å². The van der Waals surface area contributed by atoms with E-state index in [0.717, 1.165) is 64.3 Å². The van der Waals surface area contributed by atoms with Gasteiger partial charge in [-0.2, -0.15) is 8.42 Å². The molecule has 9 nitrogen and oxygen atoms in total. The SMILES string of the molecule is C[C@H](CCC(=O)NCCC[N+](C)(C)CCCS(=O)(=O)O)[C@@H]1CC[C@H]2[C@@H]3[C@H](O)C[C@H]4C[C@H](O)CC[C@]4(C)[C@H]3C[C@H](O)[C@@]21C. The van der Waals surface area contributed by atoms with Crippen LogP contribution in [0.3, 0.4) is 0 Å². The first-order chi connectivity index (χ1) is 19.5. The van der Waals surface area contributed by atoms with E-state index in [9.17, 15) is 28.5 Å². The minimum atomic E-state index is -3.93. The summed E-state index contributed by atoms with van der Waals surface area (Å²) in [5.41, 5.74) is -0.185. The fraction of sp³-hybridized carbons (Fsp3) is 0.969. The lowest BCUT2D eigenvalue weighted by Crippen LogP contribution is -2.62. The van der Waals surface area contributed by atoms with Gasteiger partial charge in [0.05, 0.1) is 51.2 Å². The minimum Gasteiger partial charge on any atom is -0.393 e. The maximum atomic E-state index is 12.7. The molecule has 0 bridgehead atoms. The van der Waals surface area contributed by atoms with Crippen molar-refractivity contribution in [3.8, 4) is 0 Å². The third-order valence-electron chi connectivity index (χ3n) is 12.8. The van der Waals surface area contributed by atoms with Crippen LogP contribution in [-0.4, -0.2) is 96.5 Å². The van der Waals surface area contributed by atoms with Crippen LogP contribution >= 0.6 is 0 Å². The normalized spacial score (nSPS) is 41.0. The maximum Gasteiger partial charge on any atom is 0.265 e. The van der Waals surface area contributed by atoms with Crippen molar-refractivity contribution in [3.63, 3.8) is 0 Å². The number of rotatable bonds is 12. The molecule has 4 saturated carbocycles. The molecule has 5 N–H and O–H groups in total. The Bertz CT molecular complexity index is 1050. The van der Waals surface area contributed by atoms with Gasteiger partial charge in [-0.1, -0.05) is 20.8 Å². The molecule has 0 aliphatic heterocycles. The van der Waals surface area contributed by atoms with E-state index in [2.05, 4.69) is 26.1 Å². The molecule has 0 saturated heterocycles. The highest BCUT2D eigenvalue weighted by atomic mass is 32.2. The Morgan fingerprint density at radius 3 is 2.38 bits per heavy atom. The highest BCUT2D eigenvalue weighted by Gasteiger charge is 2.65. The summed E-state index contributed by atoms with van der Waals surface area (Å²) in [7, 11) is 0.114. The second kappa shape index (κ2) is 12.9. The molecular formula is C32H59N2O7S+. The number of quaternary nitrogens is 1. The van der Waals surface area contributed by atoms with Crippen LogP contribution < -0.4 is 5.32 Å². The molecule has 0 aromatic heterocycles. The lowest BCUT2D eigenvalue weighted by molar-refractivity contribution is -0.890. The molecular weight excluding hydrogens is 556 g/mol. The third kappa shape index (κ3) is 7.20. The van der Waals surface area contributed by atoms with Crippen LogP contribution in [0.15, 0.2) is 0 Å². The van der Waals surface area contributed by atoms with Crippen LogP contribution in [0.2, 0.25) is 0 Å². The van der Waals surface area contributed by atoms with Crippen LogP contribution in [-0.2, 0) is 14.9 Å². The van der Waals surface area contributed by atoms with Crippen LogP contribution in [0, 0.1) is 46.3 Å². The Balaban J connectivity index is 1.27. The molecule has 4 aliphatic carbocycles. The van der Waals surface area contributed by atoms with Gasteiger partial charge >= 0.3 is 0 Å². The molecule has 42 heavy (non-hydrogen) atoms. The van der Waals surface area contributed by atoms with E-state index >= 15 is 0 Å². The van der Waals surface area contributed by atoms with Gasteiger partial charge in [0, 0.05) is 25.8 Å². The summed E-state index contributed by atoms with van der Waals surface area (Å²) in [6.45, 7) is 8.87. The molecule has 0 spiro atoms. The number of fused-ring (bicyclic) bond motifs is 5. The first-order valence-electron chi connectivity index (χ1n) is 16.6. The summed E-state index contributed by atoms with van der Waals surface area (Å²) in [5, 5.41) is 36.6. The van der Waals surface area contributed by atoms with Crippen molar-refractivity contribution < 1.29 is 37.6 Å². The highest BCUT2D eigenvalue weighted by molar-refractivity contribution is 7.85. The van der Waals surface area contributed by atoms with Gasteiger partial charge in [-0.05, 0) is 97.7 Å². The zero-order valence-corrected chi connectivity index (χ0v) is 27.5. The maximum absolute atomic E-state index is 12.7. The zero-order valence-electron chi connectivity index (χ0n) is 26.7. The molecule has 0 radical (unpaired) electrons. The van der Waals surface area contributed by atoms with Gasteiger partial charge in [-0.15, -0.1) is 0 Å². The van der Waals surface area contributed by atoms with Crippen LogP contribution in [0.25, 0.3) is 0 Å². The average Bonchev–Trinajstić information content (AvgIpc) is 3.24. The van der Waals surface area contributed by atoms with E-state index in [0.29, 0.717) is 48.2 Å². The number of hydrogen-bond donors (Lipinski definition) is 5. The van der Waals surface area contributed by atoms with Crippen molar-refractivity contribution >= 4 is 16.0 Å². The predicted molar refractivity (Wildman–Crippen MR) is 163 cm³/mol. The van der Waals surface area contributed by atoms with Gasteiger partial charge in [-0.25, -0.2) is 0 Å². The topological polar surface area (TPSA) is 144 Å². The first kappa shape index (κ1) is 34.1. The second-order valence-corrected chi connectivity index (χ2v) is 17.3. The van der Waals surface area contributed by atoms with E-state index in [1.807, 2.05) is 14.1 Å². The molecule has 4 rings (SSSR count). The fourth-order valence-electron chi connectivity index (χ4n) is 10.3. The Hall–Kier alpha value is -0.780. The Morgan fingerprint density at radius 2 is 1.69 bits per heavy atom. The third-order valence-corrected chi connectivity index (χ3v) is 13.6. The summed E-state index contributed by atoms with van der Waals surface area (Å²) < 4.78 is 31.5. The van der Waals surface area contributed by atoms with Gasteiger partial charge in [-0.3, -0.25) is 9.35 Å². The Kier molecular flexibility index (Phi) is 10.5. The molecule has 0 aromatic rings. The number of carbonyl (C=O) groups excluding carboxylic acids is 1. The van der Waals surface area contributed by atoms with Crippen LogP contribution in [0.5, 0.6) is 0 Å². The molecule has 4 fully saturated rings. The van der Waals surface area contributed by atoms with E-state index in [1.54, 1.807) is 0 Å². The van der Waals surface area contributed by atoms with Gasteiger partial charge in [0.1, 0.15) is 0 Å². The Morgan fingerprint density at radius 1 is 1.00 bits per heavy atom. The number of carbonyl (C=O) groups is 1. The molecule has 244 valence electrons. The van der Waals surface area contributed by atoms with E-state index in [4.69, 9.17) is 4.55 Å². The average molecular weight is 616 g/mol. The number of aliphatic hydroxyl groups excluding tert-OH is 3. The van der Waals surface area contributed by atoms with E-state index in [1.165, 1.54) is 0 Å². The van der Waals surface area contributed by atoms with E-state index < -0.39 is 16.2 Å². The lowest BCUT2D eigenvalue weighted by Gasteiger charge is -2.63. The predicted octanol–water partition coefficient (Wildman–Crippen LogP) is 3.22. The number of aliphatic hydroxyl groups is 3. The monoisotopic (exact) mass is 615 g/mol. The van der Waals surface area contributed by atoms with Crippen molar-refractivity contribution in [2.45, 2.75) is 110 Å². The first-order valence-corrected chi connectivity index (χ1v) is 18.2. The largest absolute Gasteiger partial charge is 0.393 e. The molecule has 10 heteroatoms. The van der Waals surface area contributed by atoms with Gasteiger partial charge in [0.2, 0.25) is 5.91 Å². The summed E-state index contributed by atoms with van der Waals surface area (Å²) in [4.78, 5) is 12.7. The second-order valence-electron chi connectivity index (χ2n) is 15.8. The lowest BCUT2D eigenvalue weighted by atomic mass is 9.43. The number of amides is 1. The summed E-state index contributed by atoms with van der Waals surface area (Å²) in [6, 6.07) is 0. The summed E-state index contributed by atoms with van der Waals surface area (Å²) >= 11 is 0. The van der Waals surface area contributed by atoms with Crippen molar-refractivity contribution in [2.24, 2.45) is 46.3 Å². The van der Waals surface area contributed by atoms with Crippen molar-refractivity contribution in [1.82, 2.24) is 5.32 Å². The summed E-state index contributed by atoms with van der Waals surface area (Å²) in [6.07, 6.45) is 7.47. The molecule has 0 heterocycles. The molecule has 0 unspecified atom stereocenters. The van der Waals surface area contributed by atoms with Crippen molar-refractivity contribution in [3.05, 3.63) is 0 Å². The molecule has 0 aromatic carbocycles. The summed E-state index contributed by atoms with van der Waals surface area (Å²) in [5.74, 6) is 1.52. The highest BCUT2D eigenvalue weighted by Crippen LogP contribution is 2.68. The number of nitrogens with zero attached hydrogens (tertiary/aromatic N) is 1. The zero-order chi connectivity index (χ0) is 31.1. The fourth-order valence-corrected chi connectivity index (χ4v) is 10.8. The molecule has 11 atom stereocenters. The molecule has 4 aliphatic rings. The Labute approximate surface area is 254 Å². The van der Waals surface area contributed by atoms with Crippen LogP contribution in [0.1, 0.15) is 91.4 Å². The van der Waals surface area contributed by atoms with Gasteiger partial charge in [0.15, 0.2) is 0 Å². The minimum absolute atomic E-state index is 0.0450. The smallest absolute Gasteiger partial charge is 0.265 e. The van der Waals surface area contributed by atoms with Crippen molar-refractivity contribution in [1.29, 1.82) is 0 Å². The van der Waals surface area contributed by atoms with E-state index in [-0.39, 0.29) is 52.5 Å². The van der Waals surface area contributed by atoms with Gasteiger partial charge < -0.3 is 25.1 Å². The molecule has 1 amide bonds. The number of hydrogen-bond acceptors (Lipinski definition) is 6. The standard InChI is InChI=1S/C32H58N2O7S/c1-21(8-11-29(38)33-14-6-15-34(4,5)16-7-17-42(39,40)41)24-9-10-25-30-26(20-28(37)32(24,25)3)31(2)13-12-23(35)18-22(31)19-27(30)36/h21-28,30,35-37H,6-20H2,1-5H3,(H-,33,38,39,40,41)/p+1/t21-,22-,23-,24+,25+,26+,27-,28+,30+,31+,32-/m1/s1. The van der Waals surface area contributed by atoms with Crippen LogP contribution in [0.4, 0.5) is 0 Å². The quantitative estimate of drug-likeness (QED) is 0.129.